The highest BCUT2D eigenvalue weighted by Crippen LogP contribution is 2.15. The topological polar surface area (TPSA) is 57.5 Å². The fourth-order valence-electron chi connectivity index (χ4n) is 2.71. The molecular formula is C19H25NO4. The molecule has 5 nitrogen and oxygen atoms in total. The van der Waals surface area contributed by atoms with Gasteiger partial charge in [0, 0.05) is 11.5 Å². The van der Waals surface area contributed by atoms with Gasteiger partial charge < -0.3 is 9.57 Å². The van der Waals surface area contributed by atoms with E-state index in [4.69, 9.17) is 9.57 Å². The molecule has 0 radical (unpaired) electrons. The van der Waals surface area contributed by atoms with Crippen molar-refractivity contribution in [2.45, 2.75) is 52.4 Å². The summed E-state index contributed by atoms with van der Waals surface area (Å²) in [6, 6.07) is 8.67. The third kappa shape index (κ3) is 4.60. The van der Waals surface area contributed by atoms with E-state index in [0.29, 0.717) is 23.0 Å². The van der Waals surface area contributed by atoms with Crippen molar-refractivity contribution in [1.29, 1.82) is 0 Å². The van der Waals surface area contributed by atoms with Gasteiger partial charge in [0.2, 0.25) is 0 Å². The molecule has 1 aromatic heterocycles. The van der Waals surface area contributed by atoms with Gasteiger partial charge >= 0.3 is 6.16 Å². The fraction of sp³-hybridized carbons (Fsp3) is 0.474. The molecule has 2 rings (SSSR count). The van der Waals surface area contributed by atoms with Gasteiger partial charge in [-0.05, 0) is 31.9 Å². The predicted molar refractivity (Wildman–Crippen MR) is 94.3 cm³/mol. The molecule has 0 saturated carbocycles. The van der Waals surface area contributed by atoms with Crippen LogP contribution in [-0.4, -0.2) is 17.5 Å². The first kappa shape index (κ1) is 18.0. The largest absolute Gasteiger partial charge is 0.533 e. The van der Waals surface area contributed by atoms with Crippen LogP contribution < -0.4 is 10.3 Å². The molecule has 0 aliphatic heterocycles. The Hall–Kier alpha value is -2.30. The van der Waals surface area contributed by atoms with E-state index in [0.717, 1.165) is 12.8 Å². The van der Waals surface area contributed by atoms with Gasteiger partial charge in [-0.1, -0.05) is 44.7 Å². The third-order valence-corrected chi connectivity index (χ3v) is 3.91. The molecule has 0 aliphatic carbocycles. The first-order valence-electron chi connectivity index (χ1n) is 8.66. The number of carbonyl (C=O) groups excluding carboxylic acids is 1. The highest BCUT2D eigenvalue weighted by molar-refractivity contribution is 5.79. The Balaban J connectivity index is 2.29. The Labute approximate surface area is 142 Å². The lowest BCUT2D eigenvalue weighted by atomic mass is 10.1. The lowest BCUT2D eigenvalue weighted by Crippen LogP contribution is -2.26. The van der Waals surface area contributed by atoms with Crippen LogP contribution in [0.25, 0.3) is 10.9 Å². The van der Waals surface area contributed by atoms with Crippen LogP contribution in [0.2, 0.25) is 0 Å². The maximum atomic E-state index is 12.3. The summed E-state index contributed by atoms with van der Waals surface area (Å²) < 4.78 is 6.32. The molecule has 1 heterocycles. The summed E-state index contributed by atoms with van der Waals surface area (Å²) in [6.45, 7) is 4.14. The summed E-state index contributed by atoms with van der Waals surface area (Å²) in [7, 11) is 0. The zero-order valence-electron chi connectivity index (χ0n) is 14.4. The number of benzene rings is 1. The summed E-state index contributed by atoms with van der Waals surface area (Å²) in [4.78, 5) is 29.4. The lowest BCUT2D eigenvalue weighted by Gasteiger charge is -2.15. The monoisotopic (exact) mass is 331 g/mol. The number of carbonyl (C=O) groups is 1. The van der Waals surface area contributed by atoms with E-state index in [1.54, 1.807) is 31.2 Å². The molecule has 5 heteroatoms. The van der Waals surface area contributed by atoms with Gasteiger partial charge in [-0.15, -0.1) is 0 Å². The highest BCUT2D eigenvalue weighted by atomic mass is 16.8. The van der Waals surface area contributed by atoms with Gasteiger partial charge in [0.15, 0.2) is 5.43 Å². The van der Waals surface area contributed by atoms with Crippen LogP contribution in [0, 0.1) is 0 Å². The smallest absolute Gasteiger partial charge is 0.433 e. The Morgan fingerprint density at radius 3 is 2.58 bits per heavy atom. The first-order chi connectivity index (χ1) is 11.7. The summed E-state index contributed by atoms with van der Waals surface area (Å²) in [5, 5.41) is 0.525. The second kappa shape index (κ2) is 9.11. The number of aryl methyl sites for hydroxylation is 1. The number of fused-ring (bicyclic) bond motifs is 1. The Kier molecular flexibility index (Phi) is 6.85. The average molecular weight is 331 g/mol. The predicted octanol–water partition coefficient (Wildman–Crippen LogP) is 4.10. The van der Waals surface area contributed by atoms with Crippen LogP contribution in [0.15, 0.2) is 35.1 Å². The minimum absolute atomic E-state index is 0.0575. The minimum atomic E-state index is -0.765. The summed E-state index contributed by atoms with van der Waals surface area (Å²) in [5.74, 6) is 0. The number of nitrogens with zero attached hydrogens (tertiary/aromatic N) is 1. The number of unbranched alkanes of at least 4 members (excludes halogenated alkanes) is 4. The van der Waals surface area contributed by atoms with Crippen LogP contribution in [0.4, 0.5) is 4.79 Å². The van der Waals surface area contributed by atoms with Gasteiger partial charge in [-0.25, -0.2) is 4.79 Å². The highest BCUT2D eigenvalue weighted by Gasteiger charge is 2.13. The van der Waals surface area contributed by atoms with E-state index in [1.165, 1.54) is 24.0 Å². The van der Waals surface area contributed by atoms with E-state index in [1.807, 2.05) is 6.07 Å². The average Bonchev–Trinajstić information content (AvgIpc) is 2.58. The molecule has 0 bridgehead atoms. The molecule has 0 unspecified atom stereocenters. The van der Waals surface area contributed by atoms with Crippen molar-refractivity contribution in [1.82, 2.24) is 4.73 Å². The van der Waals surface area contributed by atoms with Crippen LogP contribution >= 0.6 is 0 Å². The van der Waals surface area contributed by atoms with Crippen molar-refractivity contribution in [3.63, 3.8) is 0 Å². The first-order valence-corrected chi connectivity index (χ1v) is 8.66. The van der Waals surface area contributed by atoms with Crippen LogP contribution in [0.3, 0.4) is 0 Å². The van der Waals surface area contributed by atoms with Gasteiger partial charge in [0.05, 0.1) is 17.8 Å². The standard InChI is InChI=1S/C19H25NO4/c1-3-5-6-7-8-11-15-14-18(21)16-12-9-10-13-17(16)20(15)24-19(22)23-4-2/h9-10,12-14H,3-8,11H2,1-2H3. The van der Waals surface area contributed by atoms with Gasteiger partial charge in [0.1, 0.15) is 0 Å². The van der Waals surface area contributed by atoms with Crippen molar-refractivity contribution < 1.29 is 14.4 Å². The fourth-order valence-corrected chi connectivity index (χ4v) is 2.71. The van der Waals surface area contributed by atoms with Gasteiger partial charge in [0.25, 0.3) is 0 Å². The summed E-state index contributed by atoms with van der Waals surface area (Å²) >= 11 is 0. The lowest BCUT2D eigenvalue weighted by molar-refractivity contribution is 0.0523. The molecule has 0 saturated heterocycles. The van der Waals surface area contributed by atoms with Gasteiger partial charge in [-0.3, -0.25) is 4.79 Å². The molecule has 0 spiro atoms. The normalized spacial score (nSPS) is 10.8. The minimum Gasteiger partial charge on any atom is -0.433 e. The summed E-state index contributed by atoms with van der Waals surface area (Å²) in [5.41, 5.74) is 1.22. The molecule has 0 atom stereocenters. The molecule has 1 aromatic carbocycles. The second-order valence-corrected chi connectivity index (χ2v) is 5.75. The van der Waals surface area contributed by atoms with Gasteiger partial charge in [-0.2, -0.15) is 4.73 Å². The number of rotatable bonds is 8. The quantitative estimate of drug-likeness (QED) is 0.540. The van der Waals surface area contributed by atoms with Crippen molar-refractivity contribution in [3.05, 3.63) is 46.2 Å². The van der Waals surface area contributed by atoms with Crippen LogP contribution in [0.1, 0.15) is 51.6 Å². The van der Waals surface area contributed by atoms with Crippen LogP contribution in [0.5, 0.6) is 0 Å². The molecule has 0 fully saturated rings. The van der Waals surface area contributed by atoms with Crippen molar-refractivity contribution in [2.75, 3.05) is 6.61 Å². The Morgan fingerprint density at radius 1 is 1.08 bits per heavy atom. The van der Waals surface area contributed by atoms with E-state index >= 15 is 0 Å². The second-order valence-electron chi connectivity index (χ2n) is 5.75. The van der Waals surface area contributed by atoms with E-state index < -0.39 is 6.16 Å². The van der Waals surface area contributed by atoms with E-state index in [9.17, 15) is 9.59 Å². The van der Waals surface area contributed by atoms with E-state index in [2.05, 4.69) is 6.92 Å². The van der Waals surface area contributed by atoms with Crippen molar-refractivity contribution >= 4 is 17.1 Å². The SMILES string of the molecule is CCCCCCCc1cc(=O)c2ccccc2n1OC(=O)OCC. The molecule has 0 N–H and O–H groups in total. The zero-order chi connectivity index (χ0) is 17.4. The number of ether oxygens (including phenoxy) is 1. The molecule has 0 amide bonds. The molecule has 2 aromatic rings. The number of para-hydroxylation sites is 1. The molecule has 130 valence electrons. The Morgan fingerprint density at radius 2 is 1.83 bits per heavy atom. The van der Waals surface area contributed by atoms with E-state index in [-0.39, 0.29) is 12.0 Å². The maximum Gasteiger partial charge on any atom is 0.533 e. The third-order valence-electron chi connectivity index (χ3n) is 3.91. The zero-order valence-corrected chi connectivity index (χ0v) is 14.4. The maximum absolute atomic E-state index is 12.3. The number of pyridine rings is 1. The van der Waals surface area contributed by atoms with Crippen molar-refractivity contribution in [2.24, 2.45) is 0 Å². The van der Waals surface area contributed by atoms with Crippen molar-refractivity contribution in [3.8, 4) is 0 Å². The molecule has 0 aliphatic rings. The Bertz CT molecular complexity index is 736. The number of hydrogen-bond donors (Lipinski definition) is 0. The van der Waals surface area contributed by atoms with Crippen LogP contribution in [-0.2, 0) is 11.2 Å². The molecular weight excluding hydrogens is 306 g/mol. The number of hydrogen-bond acceptors (Lipinski definition) is 4. The number of aromatic nitrogens is 1. The summed E-state index contributed by atoms with van der Waals surface area (Å²) in [6.07, 6.45) is 5.53. The molecule has 24 heavy (non-hydrogen) atoms.